The second-order valence-electron chi connectivity index (χ2n) is 7.85. The summed E-state index contributed by atoms with van der Waals surface area (Å²) in [6.07, 6.45) is 1.49. The Labute approximate surface area is 121 Å². The summed E-state index contributed by atoms with van der Waals surface area (Å²) in [5.74, 6) is 0. The molecule has 0 aliphatic carbocycles. The quantitative estimate of drug-likeness (QED) is 0.689. The van der Waals surface area contributed by atoms with Crippen molar-refractivity contribution in [2.75, 3.05) is 6.54 Å². The van der Waals surface area contributed by atoms with Crippen molar-refractivity contribution in [1.82, 2.24) is 9.34 Å². The molecule has 1 aliphatic rings. The maximum Gasteiger partial charge on any atom is 0.189 e. The molecule has 0 radical (unpaired) electrons. The molecule has 0 bridgehead atoms. The highest BCUT2D eigenvalue weighted by atomic mass is 31.2. The molecular formula is C15H33N2OP. The van der Waals surface area contributed by atoms with Crippen LogP contribution in [0.15, 0.2) is 0 Å². The molecule has 1 rings (SSSR count). The predicted molar refractivity (Wildman–Crippen MR) is 85.3 cm³/mol. The van der Waals surface area contributed by atoms with Crippen molar-refractivity contribution >= 4 is 8.45 Å². The van der Waals surface area contributed by atoms with Gasteiger partial charge >= 0.3 is 0 Å². The van der Waals surface area contributed by atoms with E-state index in [1.165, 1.54) is 6.42 Å². The van der Waals surface area contributed by atoms with E-state index in [-0.39, 0.29) is 17.2 Å². The molecule has 0 N–H and O–H groups in total. The molecule has 1 aliphatic heterocycles. The van der Waals surface area contributed by atoms with Gasteiger partial charge in [0.15, 0.2) is 8.45 Å². The third kappa shape index (κ3) is 4.39. The molecule has 4 heteroatoms. The van der Waals surface area contributed by atoms with Gasteiger partial charge in [-0.1, -0.05) is 0 Å². The first kappa shape index (κ1) is 17.4. The summed E-state index contributed by atoms with van der Waals surface area (Å²) in [6, 6.07) is 0.587. The van der Waals surface area contributed by atoms with Crippen molar-refractivity contribution in [1.29, 1.82) is 0 Å². The zero-order valence-corrected chi connectivity index (χ0v) is 15.2. The van der Waals surface area contributed by atoms with Crippen molar-refractivity contribution in [2.24, 2.45) is 0 Å². The van der Waals surface area contributed by atoms with Crippen molar-refractivity contribution < 1.29 is 4.52 Å². The topological polar surface area (TPSA) is 15.7 Å². The molecule has 19 heavy (non-hydrogen) atoms. The van der Waals surface area contributed by atoms with E-state index in [1.54, 1.807) is 0 Å². The molecule has 0 aromatic rings. The minimum atomic E-state index is -0.687. The number of hydrogen-bond donors (Lipinski definition) is 0. The highest BCUT2D eigenvalue weighted by Gasteiger charge is 2.45. The molecule has 1 saturated heterocycles. The van der Waals surface area contributed by atoms with Crippen LogP contribution >= 0.6 is 8.45 Å². The fourth-order valence-corrected chi connectivity index (χ4v) is 5.20. The summed E-state index contributed by atoms with van der Waals surface area (Å²) in [6.45, 7) is 21.5. The Kier molecular flexibility index (Phi) is 5.46. The third-order valence-corrected chi connectivity index (χ3v) is 6.52. The van der Waals surface area contributed by atoms with Crippen molar-refractivity contribution in [2.45, 2.75) is 92.0 Å². The van der Waals surface area contributed by atoms with Gasteiger partial charge < -0.3 is 4.52 Å². The summed E-state index contributed by atoms with van der Waals surface area (Å²) in [7, 11) is -0.687. The van der Waals surface area contributed by atoms with Gasteiger partial charge in [0.05, 0.1) is 6.10 Å². The minimum absolute atomic E-state index is 0.143. The van der Waals surface area contributed by atoms with Crippen LogP contribution in [0.4, 0.5) is 0 Å². The number of nitrogens with zero attached hydrogens (tertiary/aromatic N) is 2. The second kappa shape index (κ2) is 5.97. The molecule has 0 aromatic heterocycles. The second-order valence-corrected chi connectivity index (χ2v) is 9.48. The van der Waals surface area contributed by atoms with Gasteiger partial charge in [0.2, 0.25) is 0 Å². The maximum atomic E-state index is 6.36. The van der Waals surface area contributed by atoms with Crippen LogP contribution in [0.1, 0.15) is 68.7 Å². The first-order chi connectivity index (χ1) is 8.44. The molecule has 1 fully saturated rings. The van der Waals surface area contributed by atoms with E-state index in [9.17, 15) is 0 Å². The molecule has 0 spiro atoms. The van der Waals surface area contributed by atoms with Crippen LogP contribution in [0, 0.1) is 0 Å². The average Bonchev–Trinajstić information content (AvgIpc) is 2.11. The molecule has 3 nitrogen and oxygen atoms in total. The predicted octanol–water partition coefficient (Wildman–Crippen LogP) is 4.63. The Morgan fingerprint density at radius 1 is 1.05 bits per heavy atom. The summed E-state index contributed by atoms with van der Waals surface area (Å²) in [4.78, 5) is 0. The molecule has 2 unspecified atom stereocenters. The molecule has 0 amide bonds. The lowest BCUT2D eigenvalue weighted by molar-refractivity contribution is 0.0807. The van der Waals surface area contributed by atoms with Gasteiger partial charge in [-0.05, 0) is 68.7 Å². The van der Waals surface area contributed by atoms with E-state index >= 15 is 0 Å². The normalized spacial score (nSPS) is 28.1. The fourth-order valence-electron chi connectivity index (χ4n) is 2.61. The van der Waals surface area contributed by atoms with Gasteiger partial charge in [-0.25, -0.2) is 9.34 Å². The zero-order valence-electron chi connectivity index (χ0n) is 14.3. The van der Waals surface area contributed by atoms with Crippen molar-refractivity contribution in [3.8, 4) is 0 Å². The van der Waals surface area contributed by atoms with Crippen molar-refractivity contribution in [3.63, 3.8) is 0 Å². The molecule has 1 heterocycles. The highest BCUT2D eigenvalue weighted by Crippen LogP contribution is 2.57. The minimum Gasteiger partial charge on any atom is -0.329 e. The molecule has 2 atom stereocenters. The number of hydrogen-bond acceptors (Lipinski definition) is 3. The molecular weight excluding hydrogens is 255 g/mol. The lowest BCUT2D eigenvalue weighted by atomic mass is 10.0. The molecule has 0 saturated carbocycles. The summed E-state index contributed by atoms with van der Waals surface area (Å²) >= 11 is 0. The Morgan fingerprint density at radius 2 is 1.58 bits per heavy atom. The summed E-state index contributed by atoms with van der Waals surface area (Å²) in [5, 5.41) is 0. The Bertz CT molecular complexity index is 294. The van der Waals surface area contributed by atoms with Crippen LogP contribution < -0.4 is 0 Å². The maximum absolute atomic E-state index is 6.36. The molecule has 0 aromatic carbocycles. The van der Waals surface area contributed by atoms with E-state index in [2.05, 4.69) is 71.7 Å². The lowest BCUT2D eigenvalue weighted by Crippen LogP contribution is -2.55. The van der Waals surface area contributed by atoms with E-state index in [0.717, 1.165) is 6.54 Å². The highest BCUT2D eigenvalue weighted by molar-refractivity contribution is 7.47. The van der Waals surface area contributed by atoms with E-state index in [1.807, 2.05) is 0 Å². The Morgan fingerprint density at radius 3 is 1.95 bits per heavy atom. The first-order valence-corrected chi connectivity index (χ1v) is 8.65. The Hall–Kier alpha value is 0.310. The van der Waals surface area contributed by atoms with Gasteiger partial charge in [-0.2, -0.15) is 0 Å². The monoisotopic (exact) mass is 288 g/mol. The largest absolute Gasteiger partial charge is 0.329 e. The third-order valence-electron chi connectivity index (χ3n) is 3.33. The van der Waals surface area contributed by atoms with E-state index in [0.29, 0.717) is 6.04 Å². The number of rotatable bonds is 2. The van der Waals surface area contributed by atoms with Gasteiger partial charge in [0.1, 0.15) is 0 Å². The summed E-state index contributed by atoms with van der Waals surface area (Å²) < 4.78 is 11.5. The smallest absolute Gasteiger partial charge is 0.189 e. The SMILES string of the molecule is CC(C)OP1N(C(C)(C)C)CCC(C)N1C(C)(C)C. The average molecular weight is 288 g/mol. The van der Waals surface area contributed by atoms with Crippen LogP contribution in [0.5, 0.6) is 0 Å². The van der Waals surface area contributed by atoms with E-state index < -0.39 is 8.45 Å². The standard InChI is InChI=1S/C15H33N2OP/c1-12(2)18-19-16(14(4,5)6)11-10-13(3)17(19)15(7,8)9/h12-13H,10-11H2,1-9H3. The van der Waals surface area contributed by atoms with Crippen LogP contribution in [-0.4, -0.2) is 39.1 Å². The van der Waals surface area contributed by atoms with Crippen LogP contribution in [0.3, 0.4) is 0 Å². The Balaban J connectivity index is 3.09. The van der Waals surface area contributed by atoms with Crippen LogP contribution in [0.2, 0.25) is 0 Å². The van der Waals surface area contributed by atoms with Gasteiger partial charge in [-0.3, -0.25) is 0 Å². The van der Waals surface area contributed by atoms with Gasteiger partial charge in [-0.15, -0.1) is 0 Å². The van der Waals surface area contributed by atoms with Crippen LogP contribution in [-0.2, 0) is 4.52 Å². The summed E-state index contributed by atoms with van der Waals surface area (Å²) in [5.41, 5.74) is 0.300. The molecule has 114 valence electrons. The lowest BCUT2D eigenvalue weighted by Gasteiger charge is -2.55. The van der Waals surface area contributed by atoms with Crippen molar-refractivity contribution in [3.05, 3.63) is 0 Å². The zero-order chi connectivity index (χ0) is 15.0. The van der Waals surface area contributed by atoms with Crippen LogP contribution in [0.25, 0.3) is 0 Å². The van der Waals surface area contributed by atoms with Gasteiger partial charge in [0, 0.05) is 23.7 Å². The fraction of sp³-hybridized carbons (Fsp3) is 1.00. The van der Waals surface area contributed by atoms with E-state index in [4.69, 9.17) is 4.52 Å². The van der Waals surface area contributed by atoms with Gasteiger partial charge in [0.25, 0.3) is 0 Å². The first-order valence-electron chi connectivity index (χ1n) is 7.48.